The van der Waals surface area contributed by atoms with Crippen LogP contribution in [0.1, 0.15) is 23.5 Å². The molecule has 0 fully saturated rings. The fourth-order valence-electron chi connectivity index (χ4n) is 3.01. The van der Waals surface area contributed by atoms with Crippen LogP contribution >= 0.6 is 22.9 Å². The van der Waals surface area contributed by atoms with E-state index in [4.69, 9.17) is 16.3 Å². The van der Waals surface area contributed by atoms with Gasteiger partial charge in [0.25, 0.3) is 0 Å². The molecule has 28 heavy (non-hydrogen) atoms. The van der Waals surface area contributed by atoms with E-state index in [-0.39, 0.29) is 11.9 Å². The summed E-state index contributed by atoms with van der Waals surface area (Å²) in [5.74, 6) is 0.801. The van der Waals surface area contributed by atoms with Gasteiger partial charge in [-0.25, -0.2) is 4.98 Å². The lowest BCUT2D eigenvalue weighted by Crippen LogP contribution is -2.37. The van der Waals surface area contributed by atoms with E-state index < -0.39 is 0 Å². The molecule has 0 radical (unpaired) electrons. The van der Waals surface area contributed by atoms with Crippen molar-refractivity contribution in [2.24, 2.45) is 0 Å². The molecule has 1 heterocycles. The molecule has 2 aromatic carbocycles. The van der Waals surface area contributed by atoms with Crippen molar-refractivity contribution in [1.29, 1.82) is 0 Å². The van der Waals surface area contributed by atoms with Gasteiger partial charge in [-0.05, 0) is 44.3 Å². The van der Waals surface area contributed by atoms with Crippen molar-refractivity contribution in [3.63, 3.8) is 0 Å². The van der Waals surface area contributed by atoms with Crippen molar-refractivity contribution in [2.75, 3.05) is 27.7 Å². The lowest BCUT2D eigenvalue weighted by molar-refractivity contribution is -0.132. The number of likely N-dealkylation sites (N-methyl/N-ethyl adjacent to an activating group) is 2. The van der Waals surface area contributed by atoms with Crippen molar-refractivity contribution >= 4 is 39.1 Å². The van der Waals surface area contributed by atoms with Crippen LogP contribution in [0.4, 0.5) is 0 Å². The number of halogens is 1. The Morgan fingerprint density at radius 3 is 2.71 bits per heavy atom. The van der Waals surface area contributed by atoms with Crippen molar-refractivity contribution in [2.45, 2.75) is 19.5 Å². The van der Waals surface area contributed by atoms with E-state index >= 15 is 0 Å². The zero-order valence-electron chi connectivity index (χ0n) is 16.5. The fourth-order valence-corrected chi connectivity index (χ4v) is 4.27. The Kier molecular flexibility index (Phi) is 6.54. The standard InChI is InChI=1S/C21H24ClN3O2S/c1-14(21-23-17-7-5-6-8-19(17)28-21)25(3)20(26)13-24(2)12-15-11-16(22)9-10-18(15)27-4/h5-11,14H,12-13H2,1-4H3/t14-/m1/s1. The second-order valence-corrected chi connectivity index (χ2v) is 8.33. The fraction of sp³-hybridized carbons (Fsp3) is 0.333. The maximum atomic E-state index is 12.8. The molecule has 0 aliphatic carbocycles. The number of ether oxygens (including phenoxy) is 1. The molecule has 5 nitrogen and oxygen atoms in total. The van der Waals surface area contributed by atoms with Crippen LogP contribution in [-0.4, -0.2) is 48.4 Å². The molecule has 1 amide bonds. The van der Waals surface area contributed by atoms with Crippen LogP contribution < -0.4 is 4.74 Å². The summed E-state index contributed by atoms with van der Waals surface area (Å²) in [6, 6.07) is 13.5. The summed E-state index contributed by atoms with van der Waals surface area (Å²) in [6.07, 6.45) is 0. The molecule has 0 unspecified atom stereocenters. The Bertz CT molecular complexity index is 942. The molecule has 1 aromatic heterocycles. The number of aromatic nitrogens is 1. The number of rotatable bonds is 7. The second kappa shape index (κ2) is 8.90. The number of amides is 1. The zero-order chi connectivity index (χ0) is 20.3. The van der Waals surface area contributed by atoms with Gasteiger partial charge in [0, 0.05) is 24.2 Å². The first-order valence-electron chi connectivity index (χ1n) is 9.01. The Labute approximate surface area is 174 Å². The van der Waals surface area contributed by atoms with Crippen molar-refractivity contribution in [3.05, 3.63) is 58.1 Å². The van der Waals surface area contributed by atoms with Crippen molar-refractivity contribution < 1.29 is 9.53 Å². The number of thiazole rings is 1. The summed E-state index contributed by atoms with van der Waals surface area (Å²) >= 11 is 7.73. The highest BCUT2D eigenvalue weighted by atomic mass is 35.5. The summed E-state index contributed by atoms with van der Waals surface area (Å²) < 4.78 is 6.53. The molecule has 7 heteroatoms. The van der Waals surface area contributed by atoms with Gasteiger partial charge in [0.05, 0.1) is 29.9 Å². The lowest BCUT2D eigenvalue weighted by atomic mass is 10.2. The van der Waals surface area contributed by atoms with Gasteiger partial charge in [0.15, 0.2) is 0 Å². The van der Waals surface area contributed by atoms with Gasteiger partial charge >= 0.3 is 0 Å². The van der Waals surface area contributed by atoms with Gasteiger partial charge < -0.3 is 9.64 Å². The number of methoxy groups -OCH3 is 1. The topological polar surface area (TPSA) is 45.7 Å². The third-order valence-corrected chi connectivity index (χ3v) is 6.17. The SMILES string of the molecule is COc1ccc(Cl)cc1CN(C)CC(=O)N(C)[C@H](C)c1nc2ccccc2s1. The van der Waals surface area contributed by atoms with E-state index in [9.17, 15) is 4.79 Å². The maximum Gasteiger partial charge on any atom is 0.237 e. The third kappa shape index (κ3) is 4.63. The number of carbonyl (C=O) groups excluding carboxylic acids is 1. The van der Waals surface area contributed by atoms with Crippen LogP contribution in [0.5, 0.6) is 5.75 Å². The van der Waals surface area contributed by atoms with Crippen molar-refractivity contribution in [1.82, 2.24) is 14.8 Å². The number of hydrogen-bond acceptors (Lipinski definition) is 5. The van der Waals surface area contributed by atoms with Crippen LogP contribution in [0.3, 0.4) is 0 Å². The van der Waals surface area contributed by atoms with Gasteiger partial charge in [0.1, 0.15) is 10.8 Å². The summed E-state index contributed by atoms with van der Waals surface area (Å²) in [4.78, 5) is 21.2. The zero-order valence-corrected chi connectivity index (χ0v) is 18.0. The minimum Gasteiger partial charge on any atom is -0.496 e. The third-order valence-electron chi connectivity index (χ3n) is 4.73. The molecule has 0 spiro atoms. The maximum absolute atomic E-state index is 12.8. The summed E-state index contributed by atoms with van der Waals surface area (Å²) in [7, 11) is 5.37. The molecule has 3 rings (SSSR count). The first-order chi connectivity index (χ1) is 13.4. The van der Waals surface area contributed by atoms with E-state index in [1.807, 2.05) is 56.3 Å². The average Bonchev–Trinajstić information content (AvgIpc) is 3.11. The average molecular weight is 418 g/mol. The number of benzene rings is 2. The molecule has 0 N–H and O–H groups in total. The van der Waals surface area contributed by atoms with E-state index in [0.717, 1.165) is 26.5 Å². The van der Waals surface area contributed by atoms with Gasteiger partial charge in [-0.3, -0.25) is 9.69 Å². The van der Waals surface area contributed by atoms with Crippen molar-refractivity contribution in [3.8, 4) is 5.75 Å². The molecule has 1 atom stereocenters. The Hall–Kier alpha value is -2.15. The Morgan fingerprint density at radius 2 is 2.00 bits per heavy atom. The lowest BCUT2D eigenvalue weighted by Gasteiger charge is -2.26. The first-order valence-corrected chi connectivity index (χ1v) is 10.2. The molecule has 0 saturated heterocycles. The van der Waals surface area contributed by atoms with Gasteiger partial charge in [-0.2, -0.15) is 0 Å². The highest BCUT2D eigenvalue weighted by molar-refractivity contribution is 7.18. The van der Waals surface area contributed by atoms with Crippen LogP contribution in [0, 0.1) is 0 Å². The predicted molar refractivity (Wildman–Crippen MR) is 115 cm³/mol. The second-order valence-electron chi connectivity index (χ2n) is 6.83. The predicted octanol–water partition coefficient (Wildman–Crippen LogP) is 4.61. The minimum atomic E-state index is -0.0843. The summed E-state index contributed by atoms with van der Waals surface area (Å²) in [5.41, 5.74) is 1.92. The van der Waals surface area contributed by atoms with E-state index in [1.165, 1.54) is 0 Å². The van der Waals surface area contributed by atoms with E-state index in [1.54, 1.807) is 29.4 Å². The molecular formula is C21H24ClN3O2S. The highest BCUT2D eigenvalue weighted by Crippen LogP contribution is 2.29. The Balaban J connectivity index is 1.65. The van der Waals surface area contributed by atoms with Crippen LogP contribution in [0.25, 0.3) is 10.2 Å². The minimum absolute atomic E-state index is 0.0373. The summed E-state index contributed by atoms with van der Waals surface area (Å²) in [5, 5.41) is 1.59. The molecular weight excluding hydrogens is 394 g/mol. The van der Waals surface area contributed by atoms with Gasteiger partial charge in [-0.1, -0.05) is 23.7 Å². The monoisotopic (exact) mass is 417 g/mol. The largest absolute Gasteiger partial charge is 0.496 e. The van der Waals surface area contributed by atoms with Gasteiger partial charge in [0.2, 0.25) is 5.91 Å². The number of carbonyl (C=O) groups is 1. The number of hydrogen-bond donors (Lipinski definition) is 0. The number of fused-ring (bicyclic) bond motifs is 1. The molecule has 148 valence electrons. The first kappa shape index (κ1) is 20.6. The number of para-hydroxylation sites is 1. The molecule has 3 aromatic rings. The number of nitrogens with zero attached hydrogens (tertiary/aromatic N) is 3. The Morgan fingerprint density at radius 1 is 1.25 bits per heavy atom. The molecule has 0 bridgehead atoms. The van der Waals surface area contributed by atoms with E-state index in [0.29, 0.717) is 18.1 Å². The molecule has 0 saturated carbocycles. The van der Waals surface area contributed by atoms with Crippen LogP contribution in [-0.2, 0) is 11.3 Å². The quantitative estimate of drug-likeness (QED) is 0.563. The molecule has 0 aliphatic heterocycles. The van der Waals surface area contributed by atoms with E-state index in [2.05, 4.69) is 11.1 Å². The smallest absolute Gasteiger partial charge is 0.237 e. The van der Waals surface area contributed by atoms with Crippen LogP contribution in [0.2, 0.25) is 5.02 Å². The molecule has 0 aliphatic rings. The highest BCUT2D eigenvalue weighted by Gasteiger charge is 2.22. The summed E-state index contributed by atoms with van der Waals surface area (Å²) in [6.45, 7) is 2.87. The van der Waals surface area contributed by atoms with Crippen LogP contribution in [0.15, 0.2) is 42.5 Å². The normalized spacial score (nSPS) is 12.4. The van der Waals surface area contributed by atoms with Gasteiger partial charge in [-0.15, -0.1) is 11.3 Å².